The average Bonchev–Trinajstić information content (AvgIpc) is 3.14. The number of rotatable bonds is 6. The van der Waals surface area contributed by atoms with Gasteiger partial charge in [0.05, 0.1) is 0 Å². The first kappa shape index (κ1) is 15.9. The van der Waals surface area contributed by atoms with Crippen molar-refractivity contribution in [2.24, 2.45) is 0 Å². The van der Waals surface area contributed by atoms with Gasteiger partial charge < -0.3 is 5.32 Å². The van der Waals surface area contributed by atoms with E-state index in [4.69, 9.17) is 0 Å². The molecule has 1 atom stereocenters. The lowest BCUT2D eigenvalue weighted by Gasteiger charge is -2.17. The topological polar surface area (TPSA) is 72.7 Å². The van der Waals surface area contributed by atoms with Crippen molar-refractivity contribution < 1.29 is 4.79 Å². The second-order valence-electron chi connectivity index (χ2n) is 5.64. The van der Waals surface area contributed by atoms with Gasteiger partial charge in [0.15, 0.2) is 0 Å². The number of aryl methyl sites for hydroxylation is 1. The Hall–Kier alpha value is -3.02. The summed E-state index contributed by atoms with van der Waals surface area (Å²) in [5.41, 5.74) is 3.31. The van der Waals surface area contributed by atoms with Crippen molar-refractivity contribution in [3.05, 3.63) is 77.6 Å². The number of hydrogen-bond donors (Lipinski definition) is 1. The molecule has 1 amide bonds. The van der Waals surface area contributed by atoms with Crippen LogP contribution in [0.25, 0.3) is 0 Å². The van der Waals surface area contributed by atoms with E-state index in [1.807, 2.05) is 61.5 Å². The van der Waals surface area contributed by atoms with Gasteiger partial charge >= 0.3 is 0 Å². The summed E-state index contributed by atoms with van der Waals surface area (Å²) < 4.78 is 1.50. The Morgan fingerprint density at radius 2 is 1.88 bits per heavy atom. The minimum atomic E-state index is -0.480. The van der Waals surface area contributed by atoms with Crippen LogP contribution in [0.5, 0.6) is 0 Å². The molecule has 0 aliphatic heterocycles. The summed E-state index contributed by atoms with van der Waals surface area (Å²) in [6.07, 6.45) is 2.01. The monoisotopic (exact) mass is 321 g/mol. The zero-order valence-corrected chi connectivity index (χ0v) is 13.5. The standard InChI is InChI=1S/C18H19N5O/c1-14-7-5-6-10-16(14)12-19-18(24)17(23-13-20-21-22-23)11-15-8-3-2-4-9-15/h2-10,13,17H,11-12H2,1H3,(H,19,24). The van der Waals surface area contributed by atoms with Crippen LogP contribution in [-0.2, 0) is 17.8 Å². The molecule has 6 nitrogen and oxygen atoms in total. The Bertz CT molecular complexity index is 786. The summed E-state index contributed by atoms with van der Waals surface area (Å²) >= 11 is 0. The first-order valence-electron chi connectivity index (χ1n) is 7.82. The molecule has 122 valence electrons. The first-order chi connectivity index (χ1) is 11.7. The number of tetrazole rings is 1. The largest absolute Gasteiger partial charge is 0.350 e. The predicted octanol–water partition coefficient (Wildman–Crippen LogP) is 2.08. The molecule has 0 fully saturated rings. The second kappa shape index (κ2) is 7.50. The van der Waals surface area contributed by atoms with Gasteiger partial charge in [-0.2, -0.15) is 0 Å². The lowest BCUT2D eigenvalue weighted by molar-refractivity contribution is -0.124. The molecule has 0 saturated heterocycles. The summed E-state index contributed by atoms with van der Waals surface area (Å²) in [4.78, 5) is 12.7. The fourth-order valence-corrected chi connectivity index (χ4v) is 2.56. The van der Waals surface area contributed by atoms with Gasteiger partial charge in [0, 0.05) is 13.0 Å². The third-order valence-corrected chi connectivity index (χ3v) is 3.97. The minimum Gasteiger partial charge on any atom is -0.350 e. The molecule has 0 radical (unpaired) electrons. The maximum Gasteiger partial charge on any atom is 0.245 e. The van der Waals surface area contributed by atoms with Gasteiger partial charge in [0.25, 0.3) is 0 Å². The lowest BCUT2D eigenvalue weighted by atomic mass is 10.0. The summed E-state index contributed by atoms with van der Waals surface area (Å²) in [5.74, 6) is -0.102. The molecule has 6 heteroatoms. The van der Waals surface area contributed by atoms with Crippen molar-refractivity contribution in [1.29, 1.82) is 0 Å². The molecule has 0 aliphatic rings. The maximum absolute atomic E-state index is 12.7. The third-order valence-electron chi connectivity index (χ3n) is 3.97. The van der Waals surface area contributed by atoms with E-state index in [9.17, 15) is 4.79 Å². The van der Waals surface area contributed by atoms with Gasteiger partial charge in [-0.05, 0) is 34.0 Å². The van der Waals surface area contributed by atoms with Crippen LogP contribution >= 0.6 is 0 Å². The van der Waals surface area contributed by atoms with Crippen LogP contribution in [0, 0.1) is 6.92 Å². The fraction of sp³-hybridized carbons (Fsp3) is 0.222. The Balaban J connectivity index is 1.73. The molecule has 3 rings (SSSR count). The highest BCUT2D eigenvalue weighted by Gasteiger charge is 2.22. The number of amides is 1. The number of nitrogens with zero attached hydrogens (tertiary/aromatic N) is 4. The lowest BCUT2D eigenvalue weighted by Crippen LogP contribution is -2.34. The highest BCUT2D eigenvalue weighted by atomic mass is 16.2. The van der Waals surface area contributed by atoms with Crippen LogP contribution < -0.4 is 5.32 Å². The van der Waals surface area contributed by atoms with Crippen LogP contribution in [0.2, 0.25) is 0 Å². The normalized spacial score (nSPS) is 11.9. The number of benzene rings is 2. The third kappa shape index (κ3) is 3.84. The predicted molar refractivity (Wildman–Crippen MR) is 90.0 cm³/mol. The van der Waals surface area contributed by atoms with Crippen molar-refractivity contribution in [2.45, 2.75) is 25.9 Å². The molecule has 0 saturated carbocycles. The van der Waals surface area contributed by atoms with E-state index in [0.29, 0.717) is 13.0 Å². The molecule has 0 spiro atoms. The van der Waals surface area contributed by atoms with Gasteiger partial charge in [0.1, 0.15) is 12.4 Å². The molecular formula is C18H19N5O. The van der Waals surface area contributed by atoms with Crippen LogP contribution in [0.15, 0.2) is 60.9 Å². The molecule has 1 N–H and O–H groups in total. The van der Waals surface area contributed by atoms with E-state index in [0.717, 1.165) is 16.7 Å². The summed E-state index contributed by atoms with van der Waals surface area (Å²) in [5, 5.41) is 14.2. The average molecular weight is 321 g/mol. The van der Waals surface area contributed by atoms with Crippen LogP contribution in [0.4, 0.5) is 0 Å². The van der Waals surface area contributed by atoms with E-state index in [1.165, 1.54) is 11.0 Å². The van der Waals surface area contributed by atoms with Crippen molar-refractivity contribution >= 4 is 5.91 Å². The molecule has 0 bridgehead atoms. The summed E-state index contributed by atoms with van der Waals surface area (Å²) in [7, 11) is 0. The van der Waals surface area contributed by atoms with Crippen molar-refractivity contribution in [2.75, 3.05) is 0 Å². The highest BCUT2D eigenvalue weighted by molar-refractivity contribution is 5.80. The second-order valence-corrected chi connectivity index (χ2v) is 5.64. The van der Waals surface area contributed by atoms with E-state index >= 15 is 0 Å². The Morgan fingerprint density at radius 1 is 1.12 bits per heavy atom. The number of carbonyl (C=O) groups is 1. The summed E-state index contributed by atoms with van der Waals surface area (Å²) in [6.45, 7) is 2.52. The van der Waals surface area contributed by atoms with Crippen LogP contribution in [0.1, 0.15) is 22.7 Å². The van der Waals surface area contributed by atoms with Gasteiger partial charge in [-0.25, -0.2) is 4.68 Å². The van der Waals surface area contributed by atoms with Gasteiger partial charge in [0.2, 0.25) is 5.91 Å². The molecule has 3 aromatic rings. The minimum absolute atomic E-state index is 0.102. The molecule has 0 aliphatic carbocycles. The molecule has 1 heterocycles. The summed E-state index contributed by atoms with van der Waals surface area (Å²) in [6, 6.07) is 17.4. The van der Waals surface area contributed by atoms with Gasteiger partial charge in [-0.3, -0.25) is 4.79 Å². The zero-order chi connectivity index (χ0) is 16.8. The van der Waals surface area contributed by atoms with E-state index in [2.05, 4.69) is 20.8 Å². The Morgan fingerprint density at radius 3 is 2.58 bits per heavy atom. The van der Waals surface area contributed by atoms with Crippen molar-refractivity contribution in [3.8, 4) is 0 Å². The van der Waals surface area contributed by atoms with E-state index in [1.54, 1.807) is 0 Å². The van der Waals surface area contributed by atoms with Gasteiger partial charge in [-0.1, -0.05) is 54.6 Å². The number of carbonyl (C=O) groups excluding carboxylic acids is 1. The molecule has 1 unspecified atom stereocenters. The van der Waals surface area contributed by atoms with E-state index < -0.39 is 6.04 Å². The van der Waals surface area contributed by atoms with Gasteiger partial charge in [-0.15, -0.1) is 5.10 Å². The zero-order valence-electron chi connectivity index (χ0n) is 13.5. The highest BCUT2D eigenvalue weighted by Crippen LogP contribution is 2.14. The van der Waals surface area contributed by atoms with E-state index in [-0.39, 0.29) is 5.91 Å². The molecule has 24 heavy (non-hydrogen) atoms. The number of hydrogen-bond acceptors (Lipinski definition) is 4. The van der Waals surface area contributed by atoms with Crippen LogP contribution in [0.3, 0.4) is 0 Å². The Kier molecular flexibility index (Phi) is 4.96. The maximum atomic E-state index is 12.7. The Labute approximate surface area is 140 Å². The molecule has 1 aromatic heterocycles. The smallest absolute Gasteiger partial charge is 0.245 e. The fourth-order valence-electron chi connectivity index (χ4n) is 2.56. The van der Waals surface area contributed by atoms with Crippen LogP contribution in [-0.4, -0.2) is 26.1 Å². The first-order valence-corrected chi connectivity index (χ1v) is 7.82. The van der Waals surface area contributed by atoms with Crippen molar-refractivity contribution in [3.63, 3.8) is 0 Å². The SMILES string of the molecule is Cc1ccccc1CNC(=O)C(Cc1ccccc1)n1cnnn1. The van der Waals surface area contributed by atoms with Crippen molar-refractivity contribution in [1.82, 2.24) is 25.5 Å². The quantitative estimate of drug-likeness (QED) is 0.754. The molecular weight excluding hydrogens is 302 g/mol. The number of nitrogens with one attached hydrogen (secondary N) is 1. The number of aromatic nitrogens is 4. The molecule has 2 aromatic carbocycles.